The van der Waals surface area contributed by atoms with Crippen molar-refractivity contribution >= 4 is 12.2 Å². The Morgan fingerprint density at radius 3 is 2.40 bits per heavy atom. The Labute approximate surface area is 126 Å². The Balaban J connectivity index is 1.70. The molecule has 0 spiro atoms. The summed E-state index contributed by atoms with van der Waals surface area (Å²) >= 11 is 5.61. The average molecular weight is 294 g/mol. The Bertz CT molecular complexity index is 506. The molecule has 5 heteroatoms. The minimum absolute atomic E-state index is 0.624. The van der Waals surface area contributed by atoms with Crippen LogP contribution in [0, 0.1) is 11.7 Å². The van der Waals surface area contributed by atoms with Crippen LogP contribution in [0.3, 0.4) is 0 Å². The number of rotatable bonds is 4. The fourth-order valence-electron chi connectivity index (χ4n) is 3.40. The summed E-state index contributed by atoms with van der Waals surface area (Å²) in [6.07, 6.45) is 10.7. The molecule has 0 amide bonds. The lowest BCUT2D eigenvalue weighted by molar-refractivity contribution is 0.165. The Hall–Kier alpha value is -0.680. The van der Waals surface area contributed by atoms with Crippen molar-refractivity contribution in [2.75, 3.05) is 7.05 Å². The molecule has 2 aliphatic rings. The first-order chi connectivity index (χ1) is 9.66. The van der Waals surface area contributed by atoms with Crippen LogP contribution in [0.5, 0.6) is 0 Å². The van der Waals surface area contributed by atoms with Gasteiger partial charge in [-0.1, -0.05) is 25.7 Å². The number of hydrogen-bond donors (Lipinski definition) is 0. The van der Waals surface area contributed by atoms with Crippen LogP contribution in [-0.4, -0.2) is 32.3 Å². The van der Waals surface area contributed by atoms with E-state index in [1.807, 2.05) is 4.68 Å². The van der Waals surface area contributed by atoms with E-state index in [2.05, 4.69) is 28.5 Å². The van der Waals surface area contributed by atoms with Gasteiger partial charge in [-0.15, -0.1) is 0 Å². The Morgan fingerprint density at radius 2 is 1.80 bits per heavy atom. The van der Waals surface area contributed by atoms with Gasteiger partial charge in [0.25, 0.3) is 0 Å². The van der Waals surface area contributed by atoms with E-state index in [9.17, 15) is 0 Å². The molecule has 1 aromatic rings. The highest BCUT2D eigenvalue weighted by Crippen LogP contribution is 2.36. The van der Waals surface area contributed by atoms with Gasteiger partial charge in [0.2, 0.25) is 0 Å². The lowest BCUT2D eigenvalue weighted by Gasteiger charge is -2.26. The van der Waals surface area contributed by atoms with E-state index >= 15 is 0 Å². The van der Waals surface area contributed by atoms with E-state index in [0.29, 0.717) is 12.1 Å². The van der Waals surface area contributed by atoms with Crippen LogP contribution in [0.1, 0.15) is 63.2 Å². The molecule has 4 nitrogen and oxygen atoms in total. The third kappa shape index (κ3) is 2.98. The van der Waals surface area contributed by atoms with Crippen molar-refractivity contribution in [3.05, 3.63) is 10.6 Å². The maximum Gasteiger partial charge on any atom is 0.199 e. The van der Waals surface area contributed by atoms with Gasteiger partial charge in [-0.05, 0) is 51.9 Å². The maximum atomic E-state index is 5.61. The molecule has 0 aliphatic heterocycles. The number of hydrogen-bond acceptors (Lipinski definition) is 3. The topological polar surface area (TPSA) is 26.0 Å². The molecule has 2 saturated carbocycles. The van der Waals surface area contributed by atoms with E-state index in [1.165, 1.54) is 51.4 Å². The molecule has 1 aromatic heterocycles. The second kappa shape index (κ2) is 5.98. The van der Waals surface area contributed by atoms with Crippen LogP contribution < -0.4 is 0 Å². The van der Waals surface area contributed by atoms with Gasteiger partial charge in [-0.2, -0.15) is 5.10 Å². The van der Waals surface area contributed by atoms with Gasteiger partial charge in [-0.25, -0.2) is 4.68 Å². The largest absolute Gasteiger partial charge is 0.301 e. The molecule has 2 fully saturated rings. The minimum Gasteiger partial charge on any atom is -0.301 e. The van der Waals surface area contributed by atoms with Gasteiger partial charge in [0.15, 0.2) is 4.77 Å². The van der Waals surface area contributed by atoms with Crippen LogP contribution in [0.4, 0.5) is 0 Å². The molecule has 0 aromatic carbocycles. The molecule has 20 heavy (non-hydrogen) atoms. The molecule has 0 atom stereocenters. The van der Waals surface area contributed by atoms with Crippen molar-refractivity contribution < 1.29 is 0 Å². The van der Waals surface area contributed by atoms with Crippen LogP contribution in [0.25, 0.3) is 0 Å². The summed E-state index contributed by atoms with van der Waals surface area (Å²) in [4.78, 5) is 2.45. The van der Waals surface area contributed by atoms with Gasteiger partial charge < -0.3 is 4.57 Å². The standard InChI is InChI=1S/C15H26N4S/c1-12-16-18(15(20)19(12)14-9-10-14)11-17(2)13-7-5-3-4-6-8-13/h13-14H,3-11H2,1-2H3. The van der Waals surface area contributed by atoms with Gasteiger partial charge in [0, 0.05) is 12.1 Å². The predicted molar refractivity (Wildman–Crippen MR) is 83.3 cm³/mol. The fraction of sp³-hybridized carbons (Fsp3) is 0.867. The van der Waals surface area contributed by atoms with Gasteiger partial charge in [0.1, 0.15) is 5.82 Å². The summed E-state index contributed by atoms with van der Waals surface area (Å²) in [6, 6.07) is 1.32. The van der Waals surface area contributed by atoms with Gasteiger partial charge in [0.05, 0.1) is 6.67 Å². The number of aromatic nitrogens is 3. The Kier molecular flexibility index (Phi) is 4.26. The third-order valence-electron chi connectivity index (χ3n) is 4.76. The summed E-state index contributed by atoms with van der Waals surface area (Å²) < 4.78 is 5.18. The van der Waals surface area contributed by atoms with Crippen molar-refractivity contribution in [2.24, 2.45) is 0 Å². The molecule has 0 radical (unpaired) electrons. The molecular formula is C15H26N4S. The minimum atomic E-state index is 0.624. The summed E-state index contributed by atoms with van der Waals surface area (Å²) in [7, 11) is 2.23. The lowest BCUT2D eigenvalue weighted by atomic mass is 10.1. The first-order valence-electron chi connectivity index (χ1n) is 8.03. The number of aryl methyl sites for hydroxylation is 1. The van der Waals surface area contributed by atoms with Crippen molar-refractivity contribution in [1.29, 1.82) is 0 Å². The fourth-order valence-corrected chi connectivity index (χ4v) is 3.78. The molecule has 0 bridgehead atoms. The van der Waals surface area contributed by atoms with E-state index in [-0.39, 0.29) is 0 Å². The maximum absolute atomic E-state index is 5.61. The summed E-state index contributed by atoms with van der Waals surface area (Å²) in [5.41, 5.74) is 0. The van der Waals surface area contributed by atoms with Crippen LogP contribution in [0.2, 0.25) is 0 Å². The molecule has 0 N–H and O–H groups in total. The van der Waals surface area contributed by atoms with Crippen molar-refractivity contribution in [3.8, 4) is 0 Å². The van der Waals surface area contributed by atoms with Gasteiger partial charge >= 0.3 is 0 Å². The zero-order valence-corrected chi connectivity index (χ0v) is 13.5. The number of nitrogens with zero attached hydrogens (tertiary/aromatic N) is 4. The van der Waals surface area contributed by atoms with Crippen LogP contribution in [0.15, 0.2) is 0 Å². The second-order valence-electron chi connectivity index (χ2n) is 6.47. The summed E-state index contributed by atoms with van der Waals surface area (Å²) in [5.74, 6) is 1.08. The monoisotopic (exact) mass is 294 g/mol. The quantitative estimate of drug-likeness (QED) is 0.626. The Morgan fingerprint density at radius 1 is 1.15 bits per heavy atom. The highest BCUT2D eigenvalue weighted by Gasteiger charge is 2.27. The first kappa shape index (κ1) is 14.3. The zero-order valence-electron chi connectivity index (χ0n) is 12.7. The highest BCUT2D eigenvalue weighted by molar-refractivity contribution is 7.71. The smallest absolute Gasteiger partial charge is 0.199 e. The summed E-state index contributed by atoms with van der Waals surface area (Å²) in [6.45, 7) is 2.92. The van der Waals surface area contributed by atoms with Gasteiger partial charge in [-0.3, -0.25) is 4.90 Å². The molecule has 0 saturated heterocycles. The van der Waals surface area contributed by atoms with E-state index < -0.39 is 0 Å². The SMILES string of the molecule is Cc1nn(CN(C)C2CCCCCC2)c(=S)n1C1CC1. The summed E-state index contributed by atoms with van der Waals surface area (Å²) in [5, 5.41) is 4.66. The highest BCUT2D eigenvalue weighted by atomic mass is 32.1. The third-order valence-corrected chi connectivity index (χ3v) is 5.17. The first-order valence-corrected chi connectivity index (χ1v) is 8.44. The molecule has 1 heterocycles. The average Bonchev–Trinajstić information content (AvgIpc) is 3.21. The van der Waals surface area contributed by atoms with Crippen LogP contribution in [-0.2, 0) is 6.67 Å². The van der Waals surface area contributed by atoms with E-state index in [1.54, 1.807) is 0 Å². The molecule has 2 aliphatic carbocycles. The predicted octanol–water partition coefficient (Wildman–Crippen LogP) is 3.67. The van der Waals surface area contributed by atoms with Crippen molar-refractivity contribution in [2.45, 2.75) is 77.0 Å². The molecule has 112 valence electrons. The molecular weight excluding hydrogens is 268 g/mol. The van der Waals surface area contributed by atoms with E-state index in [0.717, 1.165) is 17.3 Å². The zero-order chi connectivity index (χ0) is 14.1. The van der Waals surface area contributed by atoms with Crippen LogP contribution >= 0.6 is 12.2 Å². The van der Waals surface area contributed by atoms with Crippen molar-refractivity contribution in [1.82, 2.24) is 19.2 Å². The van der Waals surface area contributed by atoms with Crippen molar-refractivity contribution in [3.63, 3.8) is 0 Å². The van der Waals surface area contributed by atoms with E-state index in [4.69, 9.17) is 12.2 Å². The lowest BCUT2D eigenvalue weighted by Crippen LogP contribution is -2.33. The normalized spacial score (nSPS) is 21.4. The second-order valence-corrected chi connectivity index (χ2v) is 6.84. The molecule has 0 unspecified atom stereocenters. The molecule has 3 rings (SSSR count).